The predicted molar refractivity (Wildman–Crippen MR) is 171 cm³/mol. The smallest absolute Gasteiger partial charge is 0.220 e. The number of nitrogens with one attached hydrogen (secondary N) is 3. The summed E-state index contributed by atoms with van der Waals surface area (Å²) in [6.45, 7) is 5.54. The standard InChI is InChI=1S/C33H49ClN6O3/c1-4-42-31-17-27-25(16-28(31)39-32(41)8-6-14-40(2)3)33(22(18-35)19-37-27)38-23-11-12-30(26(34)15-23)43-20-29-24(21-9-10-21)7-5-13-36-29/h11-12,15,21-22,24-25,28-29,31,33,36,38H,4-10,13-14,16-17,19-20H2,1-3H3,(H,39,41). The van der Waals surface area contributed by atoms with Crippen LogP contribution in [0, 0.1) is 35.0 Å². The molecule has 236 valence electrons. The van der Waals surface area contributed by atoms with Crippen LogP contribution in [-0.2, 0) is 9.53 Å². The summed E-state index contributed by atoms with van der Waals surface area (Å²) in [7, 11) is 4.03. The van der Waals surface area contributed by atoms with E-state index in [0.717, 1.165) is 36.8 Å². The van der Waals surface area contributed by atoms with Crippen LogP contribution in [0.1, 0.15) is 58.3 Å². The third kappa shape index (κ3) is 8.42. The molecule has 2 aliphatic carbocycles. The molecule has 3 N–H and O–H groups in total. The Morgan fingerprint density at radius 3 is 2.84 bits per heavy atom. The number of benzene rings is 1. The first-order valence-electron chi connectivity index (χ1n) is 16.3. The molecule has 2 heterocycles. The molecule has 0 spiro atoms. The molecule has 1 aromatic carbocycles. The molecule has 5 rings (SSSR count). The van der Waals surface area contributed by atoms with Gasteiger partial charge in [0.1, 0.15) is 12.4 Å². The van der Waals surface area contributed by atoms with Gasteiger partial charge in [-0.25, -0.2) is 0 Å². The number of fused-ring (bicyclic) bond motifs is 1. The highest BCUT2D eigenvalue weighted by atomic mass is 35.5. The van der Waals surface area contributed by atoms with E-state index >= 15 is 0 Å². The lowest BCUT2D eigenvalue weighted by Crippen LogP contribution is -2.56. The van der Waals surface area contributed by atoms with Crippen LogP contribution in [-0.4, -0.2) is 87.7 Å². The van der Waals surface area contributed by atoms with E-state index in [-0.39, 0.29) is 35.9 Å². The molecular formula is C33H49ClN6O3. The first-order chi connectivity index (χ1) is 20.9. The van der Waals surface area contributed by atoms with Crippen molar-refractivity contribution in [2.24, 2.45) is 28.7 Å². The van der Waals surface area contributed by atoms with Crippen molar-refractivity contribution in [3.05, 3.63) is 23.2 Å². The van der Waals surface area contributed by atoms with Crippen molar-refractivity contribution in [1.82, 2.24) is 15.5 Å². The average Bonchev–Trinajstić information content (AvgIpc) is 3.83. The molecule has 2 saturated carbocycles. The number of hydrogen-bond acceptors (Lipinski definition) is 8. The van der Waals surface area contributed by atoms with Gasteiger partial charge in [-0.2, -0.15) is 5.26 Å². The maximum absolute atomic E-state index is 12.9. The summed E-state index contributed by atoms with van der Waals surface area (Å²) >= 11 is 6.74. The van der Waals surface area contributed by atoms with Gasteiger partial charge in [-0.3, -0.25) is 9.79 Å². The molecular weight excluding hydrogens is 564 g/mol. The van der Waals surface area contributed by atoms with Crippen LogP contribution >= 0.6 is 11.6 Å². The molecule has 1 saturated heterocycles. The molecule has 43 heavy (non-hydrogen) atoms. The van der Waals surface area contributed by atoms with Crippen molar-refractivity contribution in [3.63, 3.8) is 0 Å². The molecule has 4 aliphatic rings. The number of anilines is 1. The van der Waals surface area contributed by atoms with E-state index in [1.165, 1.54) is 25.7 Å². The second kappa shape index (κ2) is 15.1. The summed E-state index contributed by atoms with van der Waals surface area (Å²) in [6, 6.07) is 8.39. The zero-order valence-electron chi connectivity index (χ0n) is 26.0. The van der Waals surface area contributed by atoms with Crippen LogP contribution in [0.5, 0.6) is 5.75 Å². The number of aliphatic imine (C=N–C) groups is 1. The summed E-state index contributed by atoms with van der Waals surface area (Å²) in [5.74, 6) is 1.99. The van der Waals surface area contributed by atoms with Crippen LogP contribution < -0.4 is 20.7 Å². The maximum Gasteiger partial charge on any atom is 0.220 e. The van der Waals surface area contributed by atoms with Gasteiger partial charge in [0.25, 0.3) is 0 Å². The molecule has 1 aromatic rings. The summed E-state index contributed by atoms with van der Waals surface area (Å²) < 4.78 is 12.3. The zero-order chi connectivity index (χ0) is 30.3. The number of nitriles is 1. The van der Waals surface area contributed by atoms with Crippen LogP contribution in [0.2, 0.25) is 5.02 Å². The quantitative estimate of drug-likeness (QED) is 0.300. The molecule has 7 atom stereocenters. The van der Waals surface area contributed by atoms with Crippen LogP contribution in [0.25, 0.3) is 0 Å². The average molecular weight is 613 g/mol. The molecule has 10 heteroatoms. The zero-order valence-corrected chi connectivity index (χ0v) is 26.7. The minimum absolute atomic E-state index is 0.00798. The first-order valence-corrected chi connectivity index (χ1v) is 16.6. The first kappa shape index (κ1) is 32.0. The number of hydrogen-bond donors (Lipinski definition) is 3. The fourth-order valence-corrected chi connectivity index (χ4v) is 7.47. The molecule has 1 amide bonds. The SMILES string of the molecule is CCOC1CC2=NCC(C#N)C(Nc3ccc(OCC4NCCCC4C4CC4)c(Cl)c3)C2CC1NC(=O)CCCN(C)C. The Balaban J connectivity index is 1.24. The van der Waals surface area contributed by atoms with Gasteiger partial charge in [-0.15, -0.1) is 0 Å². The fourth-order valence-electron chi connectivity index (χ4n) is 7.23. The van der Waals surface area contributed by atoms with Crippen molar-refractivity contribution >= 4 is 28.9 Å². The van der Waals surface area contributed by atoms with Gasteiger partial charge >= 0.3 is 0 Å². The summed E-state index contributed by atoms with van der Waals surface area (Å²) in [5.41, 5.74) is 1.92. The Labute approximate surface area is 262 Å². The Bertz CT molecular complexity index is 1170. The van der Waals surface area contributed by atoms with E-state index in [4.69, 9.17) is 26.1 Å². The van der Waals surface area contributed by atoms with Gasteiger partial charge < -0.3 is 30.3 Å². The highest BCUT2D eigenvalue weighted by Gasteiger charge is 2.44. The second-order valence-electron chi connectivity index (χ2n) is 13.0. The summed E-state index contributed by atoms with van der Waals surface area (Å²) in [6.07, 6.45) is 7.70. The molecule has 7 unspecified atom stereocenters. The van der Waals surface area contributed by atoms with Crippen molar-refractivity contribution in [2.45, 2.75) is 82.5 Å². The molecule has 3 fully saturated rings. The Kier molecular flexibility index (Phi) is 11.2. The number of carbonyl (C=O) groups excluding carboxylic acids is 1. The number of ether oxygens (including phenoxy) is 2. The maximum atomic E-state index is 12.9. The minimum Gasteiger partial charge on any atom is -0.490 e. The number of piperidine rings is 1. The van der Waals surface area contributed by atoms with E-state index < -0.39 is 0 Å². The number of carbonyl (C=O) groups is 1. The van der Waals surface area contributed by atoms with Gasteiger partial charge in [0.15, 0.2) is 0 Å². The van der Waals surface area contributed by atoms with Gasteiger partial charge in [0.05, 0.1) is 41.7 Å². The van der Waals surface area contributed by atoms with Gasteiger partial charge in [-0.1, -0.05) is 11.6 Å². The second-order valence-corrected chi connectivity index (χ2v) is 13.4. The number of nitrogens with zero attached hydrogens (tertiary/aromatic N) is 3. The Hall–Kier alpha value is -2.38. The van der Waals surface area contributed by atoms with E-state index in [9.17, 15) is 10.1 Å². The lowest BCUT2D eigenvalue weighted by atomic mass is 9.72. The van der Waals surface area contributed by atoms with E-state index in [2.05, 4.69) is 26.9 Å². The molecule has 0 bridgehead atoms. The number of rotatable bonds is 13. The third-order valence-electron chi connectivity index (χ3n) is 9.60. The topological polar surface area (TPSA) is 111 Å². The normalized spacial score (nSPS) is 30.6. The van der Waals surface area contributed by atoms with E-state index in [1.807, 2.05) is 39.2 Å². The highest BCUT2D eigenvalue weighted by molar-refractivity contribution is 6.32. The highest BCUT2D eigenvalue weighted by Crippen LogP contribution is 2.42. The van der Waals surface area contributed by atoms with Crippen LogP contribution in [0.15, 0.2) is 23.2 Å². The van der Waals surface area contributed by atoms with Crippen LogP contribution in [0.4, 0.5) is 5.69 Å². The van der Waals surface area contributed by atoms with Gasteiger partial charge in [0.2, 0.25) is 5.91 Å². The van der Waals surface area contributed by atoms with Crippen molar-refractivity contribution in [3.8, 4) is 11.8 Å². The lowest BCUT2D eigenvalue weighted by molar-refractivity contribution is -0.123. The Morgan fingerprint density at radius 1 is 1.28 bits per heavy atom. The monoisotopic (exact) mass is 612 g/mol. The van der Waals surface area contributed by atoms with Gasteiger partial charge in [-0.05, 0) is 103 Å². The molecule has 2 aliphatic heterocycles. The van der Waals surface area contributed by atoms with E-state index in [1.54, 1.807) is 0 Å². The number of amides is 1. The molecule has 0 aromatic heterocycles. The summed E-state index contributed by atoms with van der Waals surface area (Å²) in [5, 5.41) is 21.2. The Morgan fingerprint density at radius 2 is 2.12 bits per heavy atom. The van der Waals surface area contributed by atoms with Crippen molar-refractivity contribution in [1.29, 1.82) is 5.26 Å². The van der Waals surface area contributed by atoms with Gasteiger partial charge in [0, 0.05) is 42.8 Å². The van der Waals surface area contributed by atoms with E-state index in [0.29, 0.717) is 61.8 Å². The summed E-state index contributed by atoms with van der Waals surface area (Å²) in [4.78, 5) is 19.8. The lowest BCUT2D eigenvalue weighted by Gasteiger charge is -2.44. The van der Waals surface area contributed by atoms with Crippen molar-refractivity contribution in [2.75, 3.05) is 52.3 Å². The molecule has 9 nitrogen and oxygen atoms in total. The molecule has 0 radical (unpaired) electrons. The minimum atomic E-state index is -0.291. The largest absolute Gasteiger partial charge is 0.490 e. The predicted octanol–water partition coefficient (Wildman–Crippen LogP) is 4.51. The van der Waals surface area contributed by atoms with Crippen LogP contribution in [0.3, 0.4) is 0 Å². The fraction of sp³-hybridized carbons (Fsp3) is 0.727. The number of halogens is 1. The van der Waals surface area contributed by atoms with Crippen molar-refractivity contribution < 1.29 is 14.3 Å². The third-order valence-corrected chi connectivity index (χ3v) is 9.90.